The van der Waals surface area contributed by atoms with E-state index in [1.54, 1.807) is 0 Å². The van der Waals surface area contributed by atoms with Crippen LogP contribution >= 0.6 is 0 Å². The first-order valence-electron chi connectivity index (χ1n) is 7.94. The Bertz CT molecular complexity index is 427. The summed E-state index contributed by atoms with van der Waals surface area (Å²) in [6.07, 6.45) is 3.85. The molecule has 21 heavy (non-hydrogen) atoms. The highest BCUT2D eigenvalue weighted by Crippen LogP contribution is 2.12. The summed E-state index contributed by atoms with van der Waals surface area (Å²) in [6, 6.07) is 11.4. The number of nitrogens with one attached hydrogen (secondary N) is 1. The molecule has 0 aliphatic carbocycles. The molecule has 1 unspecified atom stereocenters. The van der Waals surface area contributed by atoms with Gasteiger partial charge in [-0.2, -0.15) is 0 Å². The summed E-state index contributed by atoms with van der Waals surface area (Å²) >= 11 is 0. The normalized spacial score (nSPS) is 18.5. The van der Waals surface area contributed by atoms with E-state index in [9.17, 15) is 4.79 Å². The second kappa shape index (κ2) is 8.15. The molecule has 1 aromatic rings. The summed E-state index contributed by atoms with van der Waals surface area (Å²) in [5, 5.41) is 3.52. The van der Waals surface area contributed by atoms with E-state index < -0.39 is 0 Å². The van der Waals surface area contributed by atoms with Gasteiger partial charge in [0.2, 0.25) is 5.91 Å². The Morgan fingerprint density at radius 3 is 2.62 bits per heavy atom. The minimum absolute atomic E-state index is 0.184. The second-order valence-electron chi connectivity index (χ2n) is 6.09. The van der Waals surface area contributed by atoms with Crippen LogP contribution in [-0.2, 0) is 11.2 Å². The number of carbonyl (C=O) groups is 1. The number of amides is 1. The Morgan fingerprint density at radius 1 is 1.33 bits per heavy atom. The Kier molecular flexibility index (Phi) is 6.21. The van der Waals surface area contributed by atoms with E-state index in [0.717, 1.165) is 38.9 Å². The van der Waals surface area contributed by atoms with Crippen LogP contribution in [0.2, 0.25) is 0 Å². The van der Waals surface area contributed by atoms with Crippen molar-refractivity contribution in [2.45, 2.75) is 44.7 Å². The smallest absolute Gasteiger partial charge is 0.218 e. The zero-order valence-electron chi connectivity index (χ0n) is 12.9. The van der Waals surface area contributed by atoms with Crippen LogP contribution in [0.5, 0.6) is 0 Å². The highest BCUT2D eigenvalue weighted by molar-refractivity contribution is 5.74. The van der Waals surface area contributed by atoms with Crippen molar-refractivity contribution in [1.29, 1.82) is 0 Å². The van der Waals surface area contributed by atoms with E-state index >= 15 is 0 Å². The van der Waals surface area contributed by atoms with Crippen molar-refractivity contribution in [1.82, 2.24) is 10.2 Å². The van der Waals surface area contributed by atoms with Crippen molar-refractivity contribution in [2.24, 2.45) is 5.73 Å². The number of piperidine rings is 1. The third-order valence-electron chi connectivity index (χ3n) is 4.17. The molecule has 0 radical (unpaired) electrons. The average molecular weight is 289 g/mol. The van der Waals surface area contributed by atoms with Gasteiger partial charge in [-0.3, -0.25) is 4.79 Å². The predicted molar refractivity (Wildman–Crippen MR) is 86.0 cm³/mol. The topological polar surface area (TPSA) is 58.4 Å². The van der Waals surface area contributed by atoms with E-state index in [0.29, 0.717) is 12.5 Å². The molecule has 0 spiro atoms. The lowest BCUT2D eigenvalue weighted by molar-refractivity contribution is -0.118. The van der Waals surface area contributed by atoms with E-state index in [1.807, 2.05) is 6.92 Å². The Morgan fingerprint density at radius 2 is 2.00 bits per heavy atom. The summed E-state index contributed by atoms with van der Waals surface area (Å²) in [5.74, 6) is -0.227. The Balaban J connectivity index is 1.65. The van der Waals surface area contributed by atoms with Crippen LogP contribution in [0.1, 0.15) is 31.7 Å². The molecule has 1 amide bonds. The van der Waals surface area contributed by atoms with Crippen LogP contribution in [0, 0.1) is 0 Å². The quantitative estimate of drug-likeness (QED) is 0.800. The average Bonchev–Trinajstić information content (AvgIpc) is 2.47. The van der Waals surface area contributed by atoms with Gasteiger partial charge >= 0.3 is 0 Å². The first kappa shape index (κ1) is 16.0. The van der Waals surface area contributed by atoms with Gasteiger partial charge in [-0.1, -0.05) is 30.3 Å². The van der Waals surface area contributed by atoms with Crippen molar-refractivity contribution in [3.63, 3.8) is 0 Å². The number of nitrogens with zero attached hydrogens (tertiary/aromatic N) is 1. The summed E-state index contributed by atoms with van der Waals surface area (Å²) in [4.78, 5) is 13.4. The third kappa shape index (κ3) is 5.86. The van der Waals surface area contributed by atoms with Gasteiger partial charge in [-0.15, -0.1) is 0 Å². The SMILES string of the molecule is CC(CC(N)=O)NC1CCN(CCc2ccccc2)CC1. The molecular formula is C17H27N3O. The molecule has 0 saturated carbocycles. The van der Waals surface area contributed by atoms with Gasteiger partial charge in [0.25, 0.3) is 0 Å². The molecule has 0 aromatic heterocycles. The summed E-state index contributed by atoms with van der Waals surface area (Å²) < 4.78 is 0. The Labute approximate surface area is 127 Å². The predicted octanol–water partition coefficient (Wildman–Crippen LogP) is 1.55. The first-order valence-corrected chi connectivity index (χ1v) is 7.94. The van der Waals surface area contributed by atoms with Gasteiger partial charge in [-0.05, 0) is 44.8 Å². The van der Waals surface area contributed by atoms with Crippen molar-refractivity contribution in [2.75, 3.05) is 19.6 Å². The van der Waals surface area contributed by atoms with E-state index in [4.69, 9.17) is 5.73 Å². The number of rotatable bonds is 7. The van der Waals surface area contributed by atoms with Gasteiger partial charge in [0.15, 0.2) is 0 Å². The minimum atomic E-state index is -0.227. The van der Waals surface area contributed by atoms with Crippen LogP contribution < -0.4 is 11.1 Å². The number of likely N-dealkylation sites (tertiary alicyclic amines) is 1. The number of hydrogen-bond donors (Lipinski definition) is 2. The van der Waals surface area contributed by atoms with E-state index in [-0.39, 0.29) is 11.9 Å². The first-order chi connectivity index (χ1) is 10.1. The zero-order valence-corrected chi connectivity index (χ0v) is 12.9. The summed E-state index contributed by atoms with van der Waals surface area (Å²) in [7, 11) is 0. The van der Waals surface area contributed by atoms with Crippen molar-refractivity contribution >= 4 is 5.91 Å². The number of carbonyl (C=O) groups excluding carboxylic acids is 1. The maximum absolute atomic E-state index is 10.9. The number of primary amides is 1. The molecule has 2 rings (SSSR count). The second-order valence-corrected chi connectivity index (χ2v) is 6.09. The highest BCUT2D eigenvalue weighted by Gasteiger charge is 2.20. The summed E-state index contributed by atoms with van der Waals surface area (Å²) in [6.45, 7) is 5.43. The Hall–Kier alpha value is -1.39. The zero-order chi connectivity index (χ0) is 15.1. The van der Waals surface area contributed by atoms with Crippen molar-refractivity contribution < 1.29 is 4.79 Å². The fourth-order valence-corrected chi connectivity index (χ4v) is 3.02. The molecule has 1 fully saturated rings. The van der Waals surface area contributed by atoms with Crippen LogP contribution in [-0.4, -0.2) is 42.5 Å². The largest absolute Gasteiger partial charge is 0.370 e. The fourth-order valence-electron chi connectivity index (χ4n) is 3.02. The molecule has 3 N–H and O–H groups in total. The summed E-state index contributed by atoms with van der Waals surface area (Å²) in [5.41, 5.74) is 6.64. The lowest BCUT2D eigenvalue weighted by Crippen LogP contribution is -2.46. The number of hydrogen-bond acceptors (Lipinski definition) is 3. The van der Waals surface area contributed by atoms with Crippen LogP contribution in [0.25, 0.3) is 0 Å². The van der Waals surface area contributed by atoms with Gasteiger partial charge in [0.1, 0.15) is 0 Å². The van der Waals surface area contributed by atoms with Crippen LogP contribution in [0.4, 0.5) is 0 Å². The van der Waals surface area contributed by atoms with Gasteiger partial charge in [-0.25, -0.2) is 0 Å². The standard InChI is InChI=1S/C17H27N3O/c1-14(13-17(18)21)19-16-8-11-20(12-9-16)10-7-15-5-3-2-4-6-15/h2-6,14,16,19H,7-13H2,1H3,(H2,18,21). The van der Waals surface area contributed by atoms with Crippen LogP contribution in [0.15, 0.2) is 30.3 Å². The van der Waals surface area contributed by atoms with Crippen molar-refractivity contribution in [3.8, 4) is 0 Å². The molecule has 1 atom stereocenters. The molecule has 1 aromatic carbocycles. The number of nitrogens with two attached hydrogens (primary N) is 1. The van der Waals surface area contributed by atoms with Gasteiger partial charge in [0.05, 0.1) is 0 Å². The number of benzene rings is 1. The maximum Gasteiger partial charge on any atom is 0.218 e. The molecule has 0 bridgehead atoms. The van der Waals surface area contributed by atoms with Crippen LogP contribution in [0.3, 0.4) is 0 Å². The molecular weight excluding hydrogens is 262 g/mol. The highest BCUT2D eigenvalue weighted by atomic mass is 16.1. The van der Waals surface area contributed by atoms with Gasteiger partial charge in [0, 0.05) is 25.0 Å². The molecule has 4 heteroatoms. The third-order valence-corrected chi connectivity index (χ3v) is 4.17. The monoisotopic (exact) mass is 289 g/mol. The lowest BCUT2D eigenvalue weighted by atomic mass is 10.0. The molecule has 1 aliphatic rings. The van der Waals surface area contributed by atoms with Gasteiger partial charge < -0.3 is 16.0 Å². The van der Waals surface area contributed by atoms with Crippen molar-refractivity contribution in [3.05, 3.63) is 35.9 Å². The molecule has 1 aliphatic heterocycles. The molecule has 1 saturated heterocycles. The van der Waals surface area contributed by atoms with E-state index in [2.05, 4.69) is 40.5 Å². The van der Waals surface area contributed by atoms with E-state index in [1.165, 1.54) is 5.56 Å². The fraction of sp³-hybridized carbons (Fsp3) is 0.588. The maximum atomic E-state index is 10.9. The lowest BCUT2D eigenvalue weighted by Gasteiger charge is -2.33. The minimum Gasteiger partial charge on any atom is -0.370 e. The molecule has 1 heterocycles. The molecule has 4 nitrogen and oxygen atoms in total. The molecule has 116 valence electrons.